The van der Waals surface area contributed by atoms with Gasteiger partial charge >= 0.3 is 0 Å². The van der Waals surface area contributed by atoms with Gasteiger partial charge in [-0.2, -0.15) is 5.48 Å². The first kappa shape index (κ1) is 50.2. The number of rotatable bonds is 32. The lowest BCUT2D eigenvalue weighted by molar-refractivity contribution is -0.144. The van der Waals surface area contributed by atoms with Crippen molar-refractivity contribution in [2.75, 3.05) is 39.3 Å². The molecular weight excluding hydrogens is 718 g/mol. The van der Waals surface area contributed by atoms with Crippen molar-refractivity contribution in [1.29, 1.82) is 0 Å². The lowest BCUT2D eigenvalue weighted by Crippen LogP contribution is -2.58. The Morgan fingerprint density at radius 3 is 1.60 bits per heavy atom. The fourth-order valence-corrected chi connectivity index (χ4v) is 5.88. The molecule has 1 fully saturated rings. The summed E-state index contributed by atoms with van der Waals surface area (Å²) in [7, 11) is 0. The number of nitrogens with two attached hydrogens (primary N) is 9. The van der Waals surface area contributed by atoms with Crippen LogP contribution in [-0.2, 0) is 28.8 Å². The number of hydrogen-bond acceptors (Lipinski definition) is 20. The minimum Gasteiger partial charge on any atom is -0.344 e. The molecule has 1 aliphatic heterocycles. The zero-order valence-electron chi connectivity index (χ0n) is 32.3. The first-order valence-corrected chi connectivity index (χ1v) is 19.2. The van der Waals surface area contributed by atoms with Crippen LogP contribution < -0.4 is 89.0 Å². The molecule has 320 valence electrons. The lowest BCUT2D eigenvalue weighted by atomic mass is 9.96. The summed E-state index contributed by atoms with van der Waals surface area (Å²) >= 11 is 0. The highest BCUT2D eigenvalue weighted by atomic mass is 16.6. The summed E-state index contributed by atoms with van der Waals surface area (Å²) in [6.45, 7) is 4.05. The van der Waals surface area contributed by atoms with Crippen LogP contribution in [-0.4, -0.2) is 129 Å². The molecule has 25 N–H and O–H groups in total. The summed E-state index contributed by atoms with van der Waals surface area (Å²) in [5.41, 5.74) is 53.4. The molecule has 23 nitrogen and oxygen atoms in total. The van der Waals surface area contributed by atoms with Crippen LogP contribution in [0.15, 0.2) is 0 Å². The Kier molecular flexibility index (Phi) is 26.0. The van der Waals surface area contributed by atoms with Crippen molar-refractivity contribution in [3.05, 3.63) is 0 Å². The highest BCUT2D eigenvalue weighted by Gasteiger charge is 2.39. The molecule has 1 saturated heterocycles. The number of likely N-dealkylation sites (tertiary alicyclic amines) is 1. The third-order valence-corrected chi connectivity index (χ3v) is 8.73. The van der Waals surface area contributed by atoms with E-state index in [4.69, 9.17) is 56.4 Å². The molecule has 1 aliphatic rings. The standard InChI is InChI=1S/C32H71N17O6/c1-2-18-55-48-22(11-6-16-45-32(40)41)28(54)49-17-7-12-23(49)27(53)47-21(10-5-15-44-31(38)39)26(52)46-20(9-4-14-43-30(36)37)25(51)24(50)19(33)8-3-13-42-29(34)35/h19-23,29-32,42-45,48H,2-18,33-41H2,1H3,(H,46,52)(H,47,53)/t19-,20-,21-,22-,23-/m0/s1. The Hall–Kier alpha value is -2.85. The van der Waals surface area contributed by atoms with Crippen molar-refractivity contribution in [2.24, 2.45) is 51.6 Å². The summed E-state index contributed by atoms with van der Waals surface area (Å²) in [5, 5.41) is 16.8. The van der Waals surface area contributed by atoms with E-state index in [0.717, 1.165) is 6.42 Å². The monoisotopic (exact) mass is 790 g/mol. The molecule has 5 atom stereocenters. The minimum absolute atomic E-state index is 0.0444. The van der Waals surface area contributed by atoms with Crippen molar-refractivity contribution < 1.29 is 28.8 Å². The predicted octanol–water partition coefficient (Wildman–Crippen LogP) is -7.00. The van der Waals surface area contributed by atoms with Gasteiger partial charge in [0.15, 0.2) is 0 Å². The van der Waals surface area contributed by atoms with Crippen molar-refractivity contribution in [3.63, 3.8) is 0 Å². The smallest absolute Gasteiger partial charge is 0.243 e. The second-order valence-corrected chi connectivity index (χ2v) is 13.7. The van der Waals surface area contributed by atoms with Gasteiger partial charge < -0.3 is 72.0 Å². The summed E-state index contributed by atoms with van der Waals surface area (Å²) in [6, 6.07) is -5.19. The average molecular weight is 790 g/mol. The maximum absolute atomic E-state index is 13.9. The van der Waals surface area contributed by atoms with Gasteiger partial charge in [0.25, 0.3) is 0 Å². The van der Waals surface area contributed by atoms with Gasteiger partial charge in [-0.3, -0.25) is 45.2 Å². The molecule has 0 aromatic carbocycles. The van der Waals surface area contributed by atoms with Gasteiger partial charge in [0.05, 0.1) is 18.7 Å². The Morgan fingerprint density at radius 2 is 1.11 bits per heavy atom. The van der Waals surface area contributed by atoms with E-state index in [1.165, 1.54) is 4.90 Å². The quantitative estimate of drug-likeness (QED) is 0.0130. The van der Waals surface area contributed by atoms with Crippen molar-refractivity contribution in [2.45, 2.75) is 133 Å². The molecule has 0 bridgehead atoms. The number of hydrogen-bond donors (Lipinski definition) is 16. The van der Waals surface area contributed by atoms with E-state index in [-0.39, 0.29) is 31.7 Å². The highest BCUT2D eigenvalue weighted by Crippen LogP contribution is 2.20. The average Bonchev–Trinajstić information content (AvgIpc) is 3.62. The SMILES string of the molecule is CCCON[C@@H](CCCNC(N)N)C(=O)N1CCC[C@H]1C(=O)N[C@@H](CCCNC(N)N)C(=O)N[C@@H](CCCNC(N)N)C(=O)C(=O)[C@@H](N)CCCNC(N)N. The van der Waals surface area contributed by atoms with E-state index in [1.807, 2.05) is 6.92 Å². The van der Waals surface area contributed by atoms with Gasteiger partial charge in [0.2, 0.25) is 29.3 Å². The van der Waals surface area contributed by atoms with Gasteiger partial charge in [0.1, 0.15) is 43.3 Å². The molecule has 3 amide bonds. The van der Waals surface area contributed by atoms with Crippen LogP contribution >= 0.6 is 0 Å². The van der Waals surface area contributed by atoms with Crippen LogP contribution in [0.3, 0.4) is 0 Å². The first-order valence-electron chi connectivity index (χ1n) is 19.2. The molecule has 23 heteroatoms. The van der Waals surface area contributed by atoms with Gasteiger partial charge in [-0.1, -0.05) is 6.92 Å². The van der Waals surface area contributed by atoms with Crippen LogP contribution in [0.1, 0.15) is 77.6 Å². The summed E-state index contributed by atoms with van der Waals surface area (Å²) in [4.78, 5) is 75.2. The molecule has 1 rings (SSSR count). The Morgan fingerprint density at radius 1 is 0.636 bits per heavy atom. The van der Waals surface area contributed by atoms with Gasteiger partial charge in [-0.25, -0.2) is 0 Å². The van der Waals surface area contributed by atoms with Crippen LogP contribution in [0.25, 0.3) is 0 Å². The maximum atomic E-state index is 13.9. The number of carbonyl (C=O) groups excluding carboxylic acids is 5. The number of nitrogens with one attached hydrogen (secondary N) is 7. The van der Waals surface area contributed by atoms with Crippen molar-refractivity contribution in [1.82, 2.24) is 42.3 Å². The maximum Gasteiger partial charge on any atom is 0.243 e. The topological polar surface area (TPSA) is 416 Å². The summed E-state index contributed by atoms with van der Waals surface area (Å²) < 4.78 is 0. The number of nitrogens with zero attached hydrogens (tertiary/aromatic N) is 1. The molecular formula is C32H71N17O6. The number of carbonyl (C=O) groups is 5. The molecule has 0 radical (unpaired) electrons. The number of hydroxylamine groups is 1. The molecule has 1 heterocycles. The minimum atomic E-state index is -1.27. The van der Waals surface area contributed by atoms with E-state index >= 15 is 0 Å². The van der Waals surface area contributed by atoms with Crippen LogP contribution in [0.4, 0.5) is 0 Å². The third-order valence-electron chi connectivity index (χ3n) is 8.73. The van der Waals surface area contributed by atoms with Gasteiger partial charge in [-0.15, -0.1) is 0 Å². The summed E-state index contributed by atoms with van der Waals surface area (Å²) in [5.74, 6) is -3.33. The second kappa shape index (κ2) is 28.5. The zero-order valence-corrected chi connectivity index (χ0v) is 32.3. The highest BCUT2D eigenvalue weighted by molar-refractivity contribution is 6.41. The Balaban J connectivity index is 3.20. The molecule has 0 aliphatic carbocycles. The van der Waals surface area contributed by atoms with E-state index in [1.54, 1.807) is 0 Å². The van der Waals surface area contributed by atoms with E-state index in [2.05, 4.69) is 37.4 Å². The lowest BCUT2D eigenvalue weighted by Gasteiger charge is -2.30. The number of ketones is 2. The van der Waals surface area contributed by atoms with Crippen molar-refractivity contribution >= 4 is 29.3 Å². The number of Topliss-reactive ketones (excluding diaryl/α,β-unsaturated/α-hetero) is 2. The predicted molar refractivity (Wildman–Crippen MR) is 207 cm³/mol. The van der Waals surface area contributed by atoms with Crippen molar-refractivity contribution in [3.8, 4) is 0 Å². The molecule has 0 saturated carbocycles. The van der Waals surface area contributed by atoms with Crippen LogP contribution in [0, 0.1) is 0 Å². The first-order chi connectivity index (χ1) is 26.1. The second-order valence-electron chi connectivity index (χ2n) is 13.7. The van der Waals surface area contributed by atoms with Crippen LogP contribution in [0.2, 0.25) is 0 Å². The fraction of sp³-hybridized carbons (Fsp3) is 0.844. The normalized spacial score (nSPS) is 16.8. The van der Waals surface area contributed by atoms with E-state index < -0.39 is 78.7 Å². The third kappa shape index (κ3) is 21.3. The Bertz CT molecular complexity index is 1130. The molecule has 0 aromatic heterocycles. The largest absolute Gasteiger partial charge is 0.344 e. The van der Waals surface area contributed by atoms with E-state index in [9.17, 15) is 24.0 Å². The van der Waals surface area contributed by atoms with Gasteiger partial charge in [-0.05, 0) is 96.8 Å². The number of amides is 3. The molecule has 0 spiro atoms. The zero-order chi connectivity index (χ0) is 41.3. The van der Waals surface area contributed by atoms with Gasteiger partial charge in [0, 0.05) is 6.54 Å². The molecule has 55 heavy (non-hydrogen) atoms. The summed E-state index contributed by atoms with van der Waals surface area (Å²) in [6.07, 6.45) is 0.874. The Labute approximate surface area is 324 Å². The fourth-order valence-electron chi connectivity index (χ4n) is 5.88. The molecule has 0 unspecified atom stereocenters. The van der Waals surface area contributed by atoms with E-state index in [0.29, 0.717) is 77.7 Å². The van der Waals surface area contributed by atoms with Crippen LogP contribution in [0.5, 0.6) is 0 Å². The molecule has 0 aromatic rings.